The van der Waals surface area contributed by atoms with Crippen LogP contribution in [0.1, 0.15) is 46.5 Å². The number of ether oxygens (including phenoxy) is 1. The molecule has 1 N–H and O–H groups in total. The summed E-state index contributed by atoms with van der Waals surface area (Å²) < 4.78 is 5.36. The first-order valence-corrected chi connectivity index (χ1v) is 9.51. The molecule has 3 aliphatic carbocycles. The van der Waals surface area contributed by atoms with Crippen molar-refractivity contribution in [3.05, 3.63) is 22.8 Å². The molecule has 0 aromatic heterocycles. The van der Waals surface area contributed by atoms with E-state index in [0.717, 1.165) is 24.8 Å². The number of fused-ring (bicyclic) bond motifs is 5. The molecular formula is C20H25ClO4. The van der Waals surface area contributed by atoms with E-state index in [4.69, 9.17) is 16.3 Å². The maximum atomic E-state index is 12.2. The van der Waals surface area contributed by atoms with Gasteiger partial charge in [-0.3, -0.25) is 4.79 Å². The average Bonchev–Trinajstić information content (AvgIpc) is 2.83. The van der Waals surface area contributed by atoms with E-state index in [0.29, 0.717) is 24.0 Å². The topological polar surface area (TPSA) is 63.6 Å². The Kier molecular flexibility index (Phi) is 3.60. The van der Waals surface area contributed by atoms with Gasteiger partial charge in [0.2, 0.25) is 0 Å². The number of esters is 1. The summed E-state index contributed by atoms with van der Waals surface area (Å²) in [4.78, 5) is 23.9. The SMILES string of the molecule is CC(=O)[C@@]1(O)CCC2C3C=C(Cl)C4=CC(=O)OC[C@]4(C)C3CC[C@@]21C. The zero-order chi connectivity index (χ0) is 18.2. The molecular weight excluding hydrogens is 340 g/mol. The van der Waals surface area contributed by atoms with Gasteiger partial charge in [0.05, 0.1) is 0 Å². The van der Waals surface area contributed by atoms with Crippen LogP contribution in [-0.2, 0) is 14.3 Å². The van der Waals surface area contributed by atoms with Crippen LogP contribution in [0.3, 0.4) is 0 Å². The first-order chi connectivity index (χ1) is 11.6. The number of aliphatic hydroxyl groups is 1. The van der Waals surface area contributed by atoms with Crippen LogP contribution in [0.5, 0.6) is 0 Å². The maximum Gasteiger partial charge on any atom is 0.331 e. The fourth-order valence-corrected chi connectivity index (χ4v) is 6.71. The van der Waals surface area contributed by atoms with Crippen LogP contribution in [0.4, 0.5) is 0 Å². The number of ketones is 1. The van der Waals surface area contributed by atoms with Crippen LogP contribution in [0, 0.1) is 28.6 Å². The Labute approximate surface area is 153 Å². The second-order valence-electron chi connectivity index (χ2n) is 8.80. The lowest BCUT2D eigenvalue weighted by Crippen LogP contribution is -2.57. The number of hydrogen-bond acceptors (Lipinski definition) is 4. The van der Waals surface area contributed by atoms with Gasteiger partial charge in [0.1, 0.15) is 12.2 Å². The lowest BCUT2D eigenvalue weighted by Gasteiger charge is -2.56. The van der Waals surface area contributed by atoms with Crippen molar-refractivity contribution in [1.29, 1.82) is 0 Å². The molecule has 2 saturated carbocycles. The standard InChI is InChI=1S/C20H25ClO4/c1-11(22)20(24)7-5-14-12-8-16(21)15-9-17(23)25-10-18(15,2)13(12)4-6-19(14,20)3/h8-9,12-14,24H,4-7,10H2,1-3H3/t12?,13?,14?,18-,19+,20+/m1/s1. The van der Waals surface area contributed by atoms with Crippen molar-refractivity contribution in [1.82, 2.24) is 0 Å². The van der Waals surface area contributed by atoms with E-state index in [-0.39, 0.29) is 29.0 Å². The fourth-order valence-electron chi connectivity index (χ4n) is 6.30. The van der Waals surface area contributed by atoms with Gasteiger partial charge in [-0.2, -0.15) is 0 Å². The van der Waals surface area contributed by atoms with Gasteiger partial charge in [-0.05, 0) is 55.9 Å². The monoisotopic (exact) mass is 364 g/mol. The number of hydrogen-bond donors (Lipinski definition) is 1. The van der Waals surface area contributed by atoms with Gasteiger partial charge in [-0.1, -0.05) is 31.5 Å². The van der Waals surface area contributed by atoms with Crippen LogP contribution in [0.15, 0.2) is 22.8 Å². The Hall–Kier alpha value is -1.13. The van der Waals surface area contributed by atoms with E-state index in [2.05, 4.69) is 19.9 Å². The molecule has 4 aliphatic rings. The number of Topliss-reactive ketones (excluding diaryl/α,β-unsaturated/α-hetero) is 1. The highest BCUT2D eigenvalue weighted by Gasteiger charge is 2.65. The summed E-state index contributed by atoms with van der Waals surface area (Å²) in [5.74, 6) is 0.260. The van der Waals surface area contributed by atoms with E-state index < -0.39 is 11.0 Å². The quantitative estimate of drug-likeness (QED) is 0.724. The Morgan fingerprint density at radius 3 is 2.64 bits per heavy atom. The lowest BCUT2D eigenvalue weighted by atomic mass is 9.49. The van der Waals surface area contributed by atoms with Gasteiger partial charge >= 0.3 is 5.97 Å². The summed E-state index contributed by atoms with van der Waals surface area (Å²) >= 11 is 6.59. The van der Waals surface area contributed by atoms with Crippen LogP contribution >= 0.6 is 11.6 Å². The van der Waals surface area contributed by atoms with Crippen LogP contribution in [0.25, 0.3) is 0 Å². The van der Waals surface area contributed by atoms with Gasteiger partial charge in [0.15, 0.2) is 5.78 Å². The molecule has 2 fully saturated rings. The number of cyclic esters (lactones) is 1. The normalized spacial score (nSPS) is 48.5. The van der Waals surface area contributed by atoms with Crippen molar-refractivity contribution in [3.8, 4) is 0 Å². The number of allylic oxidation sites excluding steroid dienone is 2. The first kappa shape index (κ1) is 17.3. The highest BCUT2D eigenvalue weighted by molar-refractivity contribution is 6.32. The van der Waals surface area contributed by atoms with E-state index in [9.17, 15) is 14.7 Å². The van der Waals surface area contributed by atoms with Crippen molar-refractivity contribution in [3.63, 3.8) is 0 Å². The third kappa shape index (κ3) is 2.04. The summed E-state index contributed by atoms with van der Waals surface area (Å²) in [6, 6.07) is 0. The number of halogens is 1. The summed E-state index contributed by atoms with van der Waals surface area (Å²) in [7, 11) is 0. The molecule has 0 spiro atoms. The van der Waals surface area contributed by atoms with E-state index in [1.807, 2.05) is 0 Å². The zero-order valence-corrected chi connectivity index (χ0v) is 15.7. The van der Waals surface area contributed by atoms with Gasteiger partial charge in [0, 0.05) is 21.9 Å². The van der Waals surface area contributed by atoms with E-state index in [1.165, 1.54) is 13.0 Å². The Balaban J connectivity index is 1.80. The molecule has 0 saturated heterocycles. The van der Waals surface area contributed by atoms with Crippen LogP contribution < -0.4 is 0 Å². The minimum absolute atomic E-state index is 0.125. The summed E-state index contributed by atoms with van der Waals surface area (Å²) in [5, 5.41) is 11.8. The minimum Gasteiger partial charge on any atom is -0.462 e. The molecule has 4 rings (SSSR count). The lowest BCUT2D eigenvalue weighted by molar-refractivity contribution is -0.159. The third-order valence-electron chi connectivity index (χ3n) is 7.87. The molecule has 25 heavy (non-hydrogen) atoms. The molecule has 1 heterocycles. The average molecular weight is 365 g/mol. The molecule has 6 atom stereocenters. The minimum atomic E-state index is -1.24. The first-order valence-electron chi connectivity index (χ1n) is 9.13. The maximum absolute atomic E-state index is 12.2. The predicted molar refractivity (Wildman–Crippen MR) is 93.8 cm³/mol. The van der Waals surface area contributed by atoms with E-state index >= 15 is 0 Å². The Morgan fingerprint density at radius 1 is 1.28 bits per heavy atom. The van der Waals surface area contributed by atoms with Crippen molar-refractivity contribution in [2.45, 2.75) is 52.1 Å². The molecule has 0 aromatic carbocycles. The van der Waals surface area contributed by atoms with Crippen molar-refractivity contribution >= 4 is 23.4 Å². The van der Waals surface area contributed by atoms with Gasteiger partial charge in [-0.15, -0.1) is 0 Å². The van der Waals surface area contributed by atoms with Gasteiger partial charge in [0.25, 0.3) is 0 Å². The Morgan fingerprint density at radius 2 is 1.96 bits per heavy atom. The molecule has 136 valence electrons. The predicted octanol–water partition coefficient (Wildman–Crippen LogP) is 3.37. The van der Waals surface area contributed by atoms with Crippen molar-refractivity contribution in [2.75, 3.05) is 6.61 Å². The zero-order valence-electron chi connectivity index (χ0n) is 15.0. The molecule has 0 amide bonds. The Bertz CT molecular complexity index is 725. The smallest absolute Gasteiger partial charge is 0.331 e. The highest BCUT2D eigenvalue weighted by atomic mass is 35.5. The molecule has 4 nitrogen and oxygen atoms in total. The number of carbonyl (C=O) groups is 2. The third-order valence-corrected chi connectivity index (χ3v) is 8.20. The second-order valence-corrected chi connectivity index (χ2v) is 9.21. The van der Waals surface area contributed by atoms with Crippen molar-refractivity contribution < 1.29 is 19.4 Å². The number of carbonyl (C=O) groups excluding carboxylic acids is 2. The largest absolute Gasteiger partial charge is 0.462 e. The van der Waals surface area contributed by atoms with Crippen LogP contribution in [0.2, 0.25) is 0 Å². The van der Waals surface area contributed by atoms with E-state index in [1.54, 1.807) is 0 Å². The molecule has 0 radical (unpaired) electrons. The summed E-state index contributed by atoms with van der Waals surface area (Å²) in [5.41, 5.74) is -1.06. The molecule has 1 aliphatic heterocycles. The second kappa shape index (κ2) is 5.20. The molecule has 0 bridgehead atoms. The number of rotatable bonds is 1. The van der Waals surface area contributed by atoms with Crippen molar-refractivity contribution in [2.24, 2.45) is 28.6 Å². The summed E-state index contributed by atoms with van der Waals surface area (Å²) in [6.07, 6.45) is 6.64. The molecule has 5 heteroatoms. The molecule has 3 unspecified atom stereocenters. The van der Waals surface area contributed by atoms with Crippen LogP contribution in [-0.4, -0.2) is 29.1 Å². The highest BCUT2D eigenvalue weighted by Crippen LogP contribution is 2.66. The van der Waals surface area contributed by atoms with Gasteiger partial charge in [-0.25, -0.2) is 4.79 Å². The fraction of sp³-hybridized carbons (Fsp3) is 0.700. The summed E-state index contributed by atoms with van der Waals surface area (Å²) in [6.45, 7) is 6.06. The molecule has 0 aromatic rings. The van der Waals surface area contributed by atoms with Gasteiger partial charge < -0.3 is 9.84 Å².